The lowest BCUT2D eigenvalue weighted by Crippen LogP contribution is -2.51. The van der Waals surface area contributed by atoms with Gasteiger partial charge in [0.25, 0.3) is 0 Å². The smallest absolute Gasteiger partial charge is 0.326 e. The summed E-state index contributed by atoms with van der Waals surface area (Å²) in [6.07, 6.45) is 2.60. The standard InChI is InChI=1S/C18H25FN4O3/c19-15-5-1-2-6-16(15)20-18(25)21-17(24)13-23-9-7-22(8-10-23)12-14-4-3-11-26-14/h1-2,5-6,14H,3-4,7-13H2,(H2,20,21,24,25)/t14-/m1/s1. The lowest BCUT2D eigenvalue weighted by molar-refractivity contribution is -0.121. The average molecular weight is 364 g/mol. The summed E-state index contributed by atoms with van der Waals surface area (Å²) in [6, 6.07) is 5.09. The number of carbonyl (C=O) groups excluding carboxylic acids is 2. The van der Waals surface area contributed by atoms with Crippen molar-refractivity contribution in [2.24, 2.45) is 0 Å². The first-order valence-corrected chi connectivity index (χ1v) is 9.02. The highest BCUT2D eigenvalue weighted by Crippen LogP contribution is 2.14. The summed E-state index contributed by atoms with van der Waals surface area (Å²) in [6.45, 7) is 5.27. The van der Waals surface area contributed by atoms with E-state index in [0.717, 1.165) is 52.2 Å². The van der Waals surface area contributed by atoms with Crippen molar-refractivity contribution >= 4 is 17.6 Å². The van der Waals surface area contributed by atoms with Gasteiger partial charge in [-0.1, -0.05) is 12.1 Å². The number of rotatable bonds is 5. The second-order valence-corrected chi connectivity index (χ2v) is 6.69. The van der Waals surface area contributed by atoms with Crippen molar-refractivity contribution in [1.82, 2.24) is 15.1 Å². The quantitative estimate of drug-likeness (QED) is 0.823. The fourth-order valence-electron chi connectivity index (χ4n) is 3.29. The number of imide groups is 1. The van der Waals surface area contributed by atoms with E-state index in [1.54, 1.807) is 6.07 Å². The van der Waals surface area contributed by atoms with Gasteiger partial charge < -0.3 is 10.1 Å². The van der Waals surface area contributed by atoms with E-state index in [2.05, 4.69) is 15.5 Å². The molecule has 2 aliphatic heterocycles. The first kappa shape index (κ1) is 18.8. The first-order valence-electron chi connectivity index (χ1n) is 9.02. The lowest BCUT2D eigenvalue weighted by Gasteiger charge is -2.35. The predicted octanol–water partition coefficient (Wildman–Crippen LogP) is 1.27. The van der Waals surface area contributed by atoms with E-state index in [9.17, 15) is 14.0 Å². The third-order valence-corrected chi connectivity index (χ3v) is 4.69. The van der Waals surface area contributed by atoms with Gasteiger partial charge in [-0.15, -0.1) is 0 Å². The average Bonchev–Trinajstić information content (AvgIpc) is 3.11. The third-order valence-electron chi connectivity index (χ3n) is 4.69. The first-order chi connectivity index (χ1) is 12.6. The number of hydrogen-bond acceptors (Lipinski definition) is 5. The molecule has 0 spiro atoms. The molecule has 0 aliphatic carbocycles. The van der Waals surface area contributed by atoms with Gasteiger partial charge in [0.15, 0.2) is 0 Å². The monoisotopic (exact) mass is 364 g/mol. The van der Waals surface area contributed by atoms with E-state index in [0.29, 0.717) is 6.10 Å². The van der Waals surface area contributed by atoms with Crippen LogP contribution in [0, 0.1) is 5.82 Å². The van der Waals surface area contributed by atoms with Crippen molar-refractivity contribution in [3.63, 3.8) is 0 Å². The number of amides is 3. The van der Waals surface area contributed by atoms with Gasteiger partial charge in [-0.05, 0) is 25.0 Å². The van der Waals surface area contributed by atoms with Crippen LogP contribution in [0.4, 0.5) is 14.9 Å². The minimum absolute atomic E-state index is 0.0422. The van der Waals surface area contributed by atoms with Crippen LogP contribution >= 0.6 is 0 Å². The number of para-hydroxylation sites is 1. The van der Waals surface area contributed by atoms with Gasteiger partial charge in [0.2, 0.25) is 5.91 Å². The predicted molar refractivity (Wildman–Crippen MR) is 95.4 cm³/mol. The number of benzene rings is 1. The van der Waals surface area contributed by atoms with Crippen molar-refractivity contribution < 1.29 is 18.7 Å². The van der Waals surface area contributed by atoms with Crippen molar-refractivity contribution in [2.75, 3.05) is 51.2 Å². The normalized spacial score (nSPS) is 21.5. The molecule has 1 atom stereocenters. The van der Waals surface area contributed by atoms with Crippen LogP contribution in [0.1, 0.15) is 12.8 Å². The summed E-state index contributed by atoms with van der Waals surface area (Å²) < 4.78 is 19.2. The molecular weight excluding hydrogens is 339 g/mol. The second-order valence-electron chi connectivity index (χ2n) is 6.69. The molecule has 3 rings (SSSR count). The van der Waals surface area contributed by atoms with E-state index in [4.69, 9.17) is 4.74 Å². The number of piperazine rings is 1. The zero-order chi connectivity index (χ0) is 18.4. The van der Waals surface area contributed by atoms with Crippen LogP contribution in [0.3, 0.4) is 0 Å². The molecule has 0 unspecified atom stereocenters. The maximum absolute atomic E-state index is 13.5. The number of anilines is 1. The number of halogens is 1. The highest BCUT2D eigenvalue weighted by atomic mass is 19.1. The van der Waals surface area contributed by atoms with Crippen LogP contribution in [0.5, 0.6) is 0 Å². The molecule has 1 aromatic carbocycles. The Labute approximate surface area is 152 Å². The molecule has 7 nitrogen and oxygen atoms in total. The van der Waals surface area contributed by atoms with Crippen LogP contribution in [0.15, 0.2) is 24.3 Å². The summed E-state index contributed by atoms with van der Waals surface area (Å²) in [4.78, 5) is 28.2. The molecule has 2 saturated heterocycles. The van der Waals surface area contributed by atoms with E-state index in [1.165, 1.54) is 18.2 Å². The van der Waals surface area contributed by atoms with Gasteiger partial charge in [0.1, 0.15) is 5.82 Å². The second kappa shape index (κ2) is 9.07. The Morgan fingerprint density at radius 2 is 1.88 bits per heavy atom. The molecule has 3 amide bonds. The van der Waals surface area contributed by atoms with Crippen molar-refractivity contribution in [3.05, 3.63) is 30.1 Å². The minimum Gasteiger partial charge on any atom is -0.377 e. The Bertz CT molecular complexity index is 629. The zero-order valence-electron chi connectivity index (χ0n) is 14.7. The summed E-state index contributed by atoms with van der Waals surface area (Å²) in [7, 11) is 0. The molecule has 0 radical (unpaired) electrons. The summed E-state index contributed by atoms with van der Waals surface area (Å²) in [5, 5.41) is 4.58. The van der Waals surface area contributed by atoms with Crippen LogP contribution in [-0.4, -0.2) is 73.7 Å². The Kier molecular flexibility index (Phi) is 6.54. The Hall–Kier alpha value is -2.03. The largest absolute Gasteiger partial charge is 0.377 e. The van der Waals surface area contributed by atoms with Gasteiger partial charge in [-0.25, -0.2) is 9.18 Å². The Balaban J connectivity index is 1.36. The van der Waals surface area contributed by atoms with Crippen LogP contribution in [0.2, 0.25) is 0 Å². The number of nitrogens with zero attached hydrogens (tertiary/aromatic N) is 2. The molecule has 2 aliphatic rings. The Morgan fingerprint density at radius 1 is 1.15 bits per heavy atom. The number of hydrogen-bond donors (Lipinski definition) is 2. The van der Waals surface area contributed by atoms with Gasteiger partial charge in [0.05, 0.1) is 18.3 Å². The number of nitrogens with one attached hydrogen (secondary N) is 2. The Morgan fingerprint density at radius 3 is 2.58 bits per heavy atom. The van der Waals surface area contributed by atoms with E-state index >= 15 is 0 Å². The molecule has 0 bridgehead atoms. The number of urea groups is 1. The number of carbonyl (C=O) groups is 2. The van der Waals surface area contributed by atoms with Gasteiger partial charge in [-0.2, -0.15) is 0 Å². The highest BCUT2D eigenvalue weighted by Gasteiger charge is 2.24. The zero-order valence-corrected chi connectivity index (χ0v) is 14.7. The fraction of sp³-hybridized carbons (Fsp3) is 0.556. The summed E-state index contributed by atoms with van der Waals surface area (Å²) in [5.74, 6) is -0.941. The maximum atomic E-state index is 13.5. The molecule has 0 aromatic heterocycles. The van der Waals surface area contributed by atoms with Crippen LogP contribution in [0.25, 0.3) is 0 Å². The third kappa shape index (κ3) is 5.48. The van der Waals surface area contributed by atoms with Crippen LogP contribution < -0.4 is 10.6 Å². The van der Waals surface area contributed by atoms with Crippen molar-refractivity contribution in [1.29, 1.82) is 0 Å². The molecule has 142 valence electrons. The van der Waals surface area contributed by atoms with E-state index < -0.39 is 17.8 Å². The summed E-state index contributed by atoms with van der Waals surface area (Å²) >= 11 is 0. The summed E-state index contributed by atoms with van der Waals surface area (Å²) in [5.41, 5.74) is 0.0422. The van der Waals surface area contributed by atoms with Gasteiger partial charge in [0, 0.05) is 39.3 Å². The maximum Gasteiger partial charge on any atom is 0.326 e. The fourth-order valence-corrected chi connectivity index (χ4v) is 3.29. The molecule has 1 aromatic rings. The van der Waals surface area contributed by atoms with Crippen LogP contribution in [-0.2, 0) is 9.53 Å². The van der Waals surface area contributed by atoms with E-state index in [1.807, 2.05) is 4.90 Å². The van der Waals surface area contributed by atoms with E-state index in [-0.39, 0.29) is 12.2 Å². The lowest BCUT2D eigenvalue weighted by atomic mass is 10.2. The van der Waals surface area contributed by atoms with Crippen molar-refractivity contribution in [2.45, 2.75) is 18.9 Å². The highest BCUT2D eigenvalue weighted by molar-refractivity contribution is 6.01. The molecule has 0 saturated carbocycles. The van der Waals surface area contributed by atoms with Gasteiger partial charge in [-0.3, -0.25) is 19.9 Å². The van der Waals surface area contributed by atoms with Crippen molar-refractivity contribution in [3.8, 4) is 0 Å². The molecule has 26 heavy (non-hydrogen) atoms. The SMILES string of the molecule is O=C(CN1CCN(C[C@H]2CCCO2)CC1)NC(=O)Nc1ccccc1F. The molecule has 2 fully saturated rings. The topological polar surface area (TPSA) is 73.9 Å². The molecular formula is C18H25FN4O3. The molecule has 8 heteroatoms. The minimum atomic E-state index is -0.725. The molecule has 2 N–H and O–H groups in total. The number of ether oxygens (including phenoxy) is 1. The van der Waals surface area contributed by atoms with Gasteiger partial charge >= 0.3 is 6.03 Å². The molecule has 2 heterocycles.